The topological polar surface area (TPSA) is 44.0 Å². The molecule has 0 aliphatic carbocycles. The van der Waals surface area contributed by atoms with E-state index in [-0.39, 0.29) is 11.0 Å². The van der Waals surface area contributed by atoms with Crippen LogP contribution in [0.5, 0.6) is 0 Å². The van der Waals surface area contributed by atoms with Gasteiger partial charge >= 0.3 is 0 Å². The van der Waals surface area contributed by atoms with Gasteiger partial charge in [0.2, 0.25) is 0 Å². The van der Waals surface area contributed by atoms with Gasteiger partial charge in [-0.05, 0) is 68.3 Å². The average molecular weight is 301 g/mol. The molecule has 1 heterocycles. The zero-order valence-electron chi connectivity index (χ0n) is 12.7. The number of aryl methyl sites for hydroxylation is 3. The highest BCUT2D eigenvalue weighted by Crippen LogP contribution is 2.25. The van der Waals surface area contributed by atoms with Gasteiger partial charge < -0.3 is 5.21 Å². The predicted molar refractivity (Wildman–Crippen MR) is 85.7 cm³/mol. The van der Waals surface area contributed by atoms with Crippen LogP contribution < -0.4 is 4.73 Å². The molecule has 0 unspecified atom stereocenters. The SMILES string of the molecule is Cc1cc(C)c(C(=O)[C@@H](C)Sc2cccc[n+]2[O-])cc1C. The van der Waals surface area contributed by atoms with Crippen LogP contribution in [0.3, 0.4) is 0 Å². The summed E-state index contributed by atoms with van der Waals surface area (Å²) in [5.41, 5.74) is 4.02. The van der Waals surface area contributed by atoms with Gasteiger partial charge in [0.1, 0.15) is 0 Å². The molecule has 0 fully saturated rings. The van der Waals surface area contributed by atoms with E-state index in [0.29, 0.717) is 5.03 Å². The molecule has 0 aliphatic heterocycles. The highest BCUT2D eigenvalue weighted by Gasteiger charge is 2.21. The van der Waals surface area contributed by atoms with Crippen LogP contribution in [-0.4, -0.2) is 11.0 Å². The van der Waals surface area contributed by atoms with Gasteiger partial charge in [0, 0.05) is 17.7 Å². The Morgan fingerprint density at radius 2 is 1.81 bits per heavy atom. The maximum absolute atomic E-state index is 12.6. The molecule has 0 bridgehead atoms. The van der Waals surface area contributed by atoms with E-state index < -0.39 is 0 Å². The van der Waals surface area contributed by atoms with Gasteiger partial charge in [-0.25, -0.2) is 0 Å². The summed E-state index contributed by atoms with van der Waals surface area (Å²) in [6.07, 6.45) is 1.45. The number of rotatable bonds is 4. The van der Waals surface area contributed by atoms with Crippen LogP contribution in [0, 0.1) is 26.0 Å². The quantitative estimate of drug-likeness (QED) is 0.375. The normalized spacial score (nSPS) is 12.2. The number of carbonyl (C=O) groups is 1. The third-order valence-corrected chi connectivity index (χ3v) is 4.69. The molecule has 2 aromatic rings. The molecule has 1 aromatic carbocycles. The summed E-state index contributed by atoms with van der Waals surface area (Å²) in [5, 5.41) is 11.9. The summed E-state index contributed by atoms with van der Waals surface area (Å²) in [7, 11) is 0. The van der Waals surface area contributed by atoms with E-state index in [1.54, 1.807) is 18.2 Å². The third kappa shape index (κ3) is 3.45. The standard InChI is InChI=1S/C17H19NO2S/c1-11-9-13(3)15(10-12(11)2)17(19)14(4)21-16-7-5-6-8-18(16)20/h5-10,14H,1-4H3/t14-/m1/s1. The summed E-state index contributed by atoms with van der Waals surface area (Å²) in [6.45, 7) is 7.84. The van der Waals surface area contributed by atoms with Gasteiger partial charge in [0.05, 0.1) is 5.25 Å². The molecule has 0 saturated heterocycles. The van der Waals surface area contributed by atoms with Gasteiger partial charge in [-0.2, -0.15) is 4.73 Å². The van der Waals surface area contributed by atoms with Gasteiger partial charge in [-0.1, -0.05) is 6.07 Å². The maximum Gasteiger partial charge on any atom is 0.252 e. The number of carbonyl (C=O) groups excluding carboxylic acids is 1. The van der Waals surface area contributed by atoms with Crippen molar-refractivity contribution in [2.24, 2.45) is 0 Å². The molecule has 0 aliphatic rings. The van der Waals surface area contributed by atoms with Crippen LogP contribution in [-0.2, 0) is 0 Å². The molecule has 2 rings (SSSR count). The number of ketones is 1. The van der Waals surface area contributed by atoms with E-state index in [0.717, 1.165) is 21.4 Å². The van der Waals surface area contributed by atoms with Crippen molar-refractivity contribution in [3.63, 3.8) is 0 Å². The number of benzene rings is 1. The fourth-order valence-electron chi connectivity index (χ4n) is 2.18. The molecule has 3 nitrogen and oxygen atoms in total. The number of thioether (sulfide) groups is 1. The van der Waals surface area contributed by atoms with Gasteiger partial charge in [0.15, 0.2) is 12.0 Å². The first-order valence-electron chi connectivity index (χ1n) is 6.87. The minimum Gasteiger partial charge on any atom is -0.618 e. The van der Waals surface area contributed by atoms with Crippen LogP contribution in [0.2, 0.25) is 0 Å². The fourth-order valence-corrected chi connectivity index (χ4v) is 3.10. The Morgan fingerprint density at radius 1 is 1.14 bits per heavy atom. The molecule has 110 valence electrons. The van der Waals surface area contributed by atoms with E-state index in [9.17, 15) is 10.0 Å². The van der Waals surface area contributed by atoms with E-state index >= 15 is 0 Å². The number of hydrogen-bond donors (Lipinski definition) is 0. The minimum atomic E-state index is -0.298. The van der Waals surface area contributed by atoms with Gasteiger partial charge in [-0.3, -0.25) is 4.79 Å². The Bertz CT molecular complexity index is 682. The summed E-state index contributed by atoms with van der Waals surface area (Å²) in [4.78, 5) is 12.6. The van der Waals surface area contributed by atoms with Crippen molar-refractivity contribution >= 4 is 17.5 Å². The second kappa shape index (κ2) is 6.31. The molecule has 0 radical (unpaired) electrons. The smallest absolute Gasteiger partial charge is 0.252 e. The lowest BCUT2D eigenvalue weighted by Gasteiger charge is -2.13. The fraction of sp³-hybridized carbons (Fsp3) is 0.294. The summed E-state index contributed by atoms with van der Waals surface area (Å²) >= 11 is 1.29. The first-order chi connectivity index (χ1) is 9.90. The third-order valence-electron chi connectivity index (χ3n) is 3.56. The van der Waals surface area contributed by atoms with Crippen molar-refractivity contribution in [3.05, 3.63) is 64.0 Å². The van der Waals surface area contributed by atoms with E-state index in [2.05, 4.69) is 0 Å². The highest BCUT2D eigenvalue weighted by atomic mass is 32.2. The van der Waals surface area contributed by atoms with Crippen molar-refractivity contribution in [1.82, 2.24) is 0 Å². The first-order valence-corrected chi connectivity index (χ1v) is 7.75. The summed E-state index contributed by atoms with van der Waals surface area (Å²) in [5.74, 6) is 0.0597. The number of pyridine rings is 1. The first kappa shape index (κ1) is 15.6. The number of hydrogen-bond acceptors (Lipinski definition) is 3. The molecule has 4 heteroatoms. The number of aromatic nitrogens is 1. The Hall–Kier alpha value is -1.81. The lowest BCUT2D eigenvalue weighted by molar-refractivity contribution is -0.645. The Balaban J connectivity index is 2.24. The van der Waals surface area contributed by atoms with Crippen molar-refractivity contribution in [1.29, 1.82) is 0 Å². The van der Waals surface area contributed by atoms with Crippen molar-refractivity contribution in [2.45, 2.75) is 38.0 Å². The van der Waals surface area contributed by atoms with E-state index in [1.165, 1.54) is 23.5 Å². The van der Waals surface area contributed by atoms with Crippen LogP contribution in [0.1, 0.15) is 34.0 Å². The highest BCUT2D eigenvalue weighted by molar-refractivity contribution is 8.00. The second-order valence-corrected chi connectivity index (χ2v) is 6.60. The van der Waals surface area contributed by atoms with Crippen molar-refractivity contribution < 1.29 is 9.52 Å². The molecule has 21 heavy (non-hydrogen) atoms. The lowest BCUT2D eigenvalue weighted by atomic mass is 9.97. The monoisotopic (exact) mass is 301 g/mol. The molecule has 1 atom stereocenters. The molecular formula is C17H19NO2S. The minimum absolute atomic E-state index is 0.0597. The Kier molecular flexibility index (Phi) is 4.68. The zero-order valence-corrected chi connectivity index (χ0v) is 13.5. The van der Waals surface area contributed by atoms with Gasteiger partial charge in [0.25, 0.3) is 5.03 Å². The molecule has 0 spiro atoms. The number of nitrogens with zero attached hydrogens (tertiary/aromatic N) is 1. The zero-order chi connectivity index (χ0) is 15.6. The molecule has 0 N–H and O–H groups in total. The van der Waals surface area contributed by atoms with Crippen LogP contribution in [0.25, 0.3) is 0 Å². The average Bonchev–Trinajstić information content (AvgIpc) is 2.44. The Labute approximate surface area is 129 Å². The molecule has 0 saturated carbocycles. The predicted octanol–water partition coefficient (Wildman–Crippen LogP) is 3.61. The Morgan fingerprint density at radius 3 is 2.48 bits per heavy atom. The van der Waals surface area contributed by atoms with Crippen LogP contribution in [0.15, 0.2) is 41.6 Å². The number of Topliss-reactive ketones (excluding diaryl/α,β-unsaturated/α-hetero) is 1. The maximum atomic E-state index is 12.6. The van der Waals surface area contributed by atoms with Crippen molar-refractivity contribution in [3.8, 4) is 0 Å². The summed E-state index contributed by atoms with van der Waals surface area (Å²) < 4.78 is 0.793. The van der Waals surface area contributed by atoms with E-state index in [1.807, 2.05) is 39.8 Å². The molecular weight excluding hydrogens is 282 g/mol. The largest absolute Gasteiger partial charge is 0.618 e. The second-order valence-electron chi connectivity index (χ2n) is 5.24. The lowest BCUT2D eigenvalue weighted by Crippen LogP contribution is -2.29. The van der Waals surface area contributed by atoms with Gasteiger partial charge in [-0.15, -0.1) is 0 Å². The van der Waals surface area contributed by atoms with Crippen LogP contribution >= 0.6 is 11.8 Å². The molecule has 0 amide bonds. The van der Waals surface area contributed by atoms with Crippen LogP contribution in [0.4, 0.5) is 0 Å². The van der Waals surface area contributed by atoms with Crippen molar-refractivity contribution in [2.75, 3.05) is 0 Å². The molecule has 1 aromatic heterocycles. The van der Waals surface area contributed by atoms with E-state index in [4.69, 9.17) is 0 Å². The summed E-state index contributed by atoms with van der Waals surface area (Å²) in [6, 6.07) is 9.19.